The van der Waals surface area contributed by atoms with Crippen molar-refractivity contribution in [3.63, 3.8) is 0 Å². The maximum Gasteiger partial charge on any atom is 0.191 e. The molecule has 0 saturated heterocycles. The molecule has 0 aromatic heterocycles. The minimum absolute atomic E-state index is 0.114. The van der Waals surface area contributed by atoms with Crippen molar-refractivity contribution in [1.29, 1.82) is 0 Å². The van der Waals surface area contributed by atoms with Crippen LogP contribution in [0.1, 0.15) is 31.7 Å². The van der Waals surface area contributed by atoms with Crippen LogP contribution < -0.4 is 10.6 Å². The highest BCUT2D eigenvalue weighted by molar-refractivity contribution is 5.79. The molecule has 0 bridgehead atoms. The van der Waals surface area contributed by atoms with E-state index in [1.807, 2.05) is 12.1 Å². The lowest BCUT2D eigenvalue weighted by atomic mass is 9.95. The predicted molar refractivity (Wildman–Crippen MR) is 105 cm³/mol. The Hall–Kier alpha value is -1.66. The lowest BCUT2D eigenvalue weighted by molar-refractivity contribution is 0.161. The molecule has 1 aliphatic rings. The van der Waals surface area contributed by atoms with Crippen molar-refractivity contribution >= 4 is 5.96 Å². The third kappa shape index (κ3) is 6.25. The predicted octanol–water partition coefficient (Wildman–Crippen LogP) is 2.38. The van der Waals surface area contributed by atoms with E-state index in [1.54, 1.807) is 19.2 Å². The van der Waals surface area contributed by atoms with Crippen LogP contribution in [0.3, 0.4) is 0 Å². The summed E-state index contributed by atoms with van der Waals surface area (Å²) in [6, 6.07) is 7.09. The Kier molecular flexibility index (Phi) is 8.32. The Morgan fingerprint density at radius 2 is 2.04 bits per heavy atom. The molecule has 1 aromatic rings. The molecule has 0 spiro atoms. The van der Waals surface area contributed by atoms with Crippen molar-refractivity contribution in [3.05, 3.63) is 35.6 Å². The molecule has 2 N–H and O–H groups in total. The molecule has 1 saturated carbocycles. The maximum absolute atomic E-state index is 14.1. The molecule has 1 fully saturated rings. The van der Waals surface area contributed by atoms with Gasteiger partial charge in [0.25, 0.3) is 0 Å². The number of methoxy groups -OCH3 is 1. The summed E-state index contributed by atoms with van der Waals surface area (Å²) >= 11 is 0. The number of ether oxygens (including phenoxy) is 1. The minimum Gasteiger partial charge on any atom is -0.383 e. The number of likely N-dealkylation sites (N-methyl/N-ethyl adjacent to an activating group) is 1. The summed E-state index contributed by atoms with van der Waals surface area (Å²) in [5.41, 5.74) is 0.688. The summed E-state index contributed by atoms with van der Waals surface area (Å²) in [5, 5.41) is 6.67. The topological polar surface area (TPSA) is 48.9 Å². The van der Waals surface area contributed by atoms with Crippen LogP contribution in [0.4, 0.5) is 4.39 Å². The van der Waals surface area contributed by atoms with Crippen LogP contribution >= 0.6 is 0 Å². The largest absolute Gasteiger partial charge is 0.383 e. The summed E-state index contributed by atoms with van der Waals surface area (Å²) in [6.07, 6.45) is 3.03. The molecule has 0 amide bonds. The fourth-order valence-corrected chi connectivity index (χ4v) is 3.04. The lowest BCUT2D eigenvalue weighted by Crippen LogP contribution is -2.39. The Morgan fingerprint density at radius 3 is 2.69 bits per heavy atom. The average Bonchev–Trinajstić information content (AvgIpc) is 3.42. The molecule has 0 atom stereocenters. The van der Waals surface area contributed by atoms with E-state index in [2.05, 4.69) is 29.5 Å². The van der Waals surface area contributed by atoms with Crippen LogP contribution in [0, 0.1) is 5.82 Å². The number of halogens is 1. The highest BCUT2D eigenvalue weighted by Crippen LogP contribution is 2.49. The highest BCUT2D eigenvalue weighted by atomic mass is 19.1. The van der Waals surface area contributed by atoms with Gasteiger partial charge in [0.2, 0.25) is 0 Å². The normalized spacial score (nSPS) is 16.0. The molecular weight excluding hydrogens is 331 g/mol. The molecule has 0 aliphatic heterocycles. The number of rotatable bonds is 11. The van der Waals surface area contributed by atoms with Gasteiger partial charge in [0.05, 0.1) is 13.2 Å². The fourth-order valence-electron chi connectivity index (χ4n) is 3.04. The van der Waals surface area contributed by atoms with E-state index < -0.39 is 0 Å². The second-order valence-electron chi connectivity index (χ2n) is 7.03. The third-order valence-corrected chi connectivity index (χ3v) is 4.87. The molecule has 1 aliphatic carbocycles. The number of hydrogen-bond donors (Lipinski definition) is 2. The van der Waals surface area contributed by atoms with Crippen LogP contribution in [0.15, 0.2) is 29.3 Å². The number of hydrogen-bond acceptors (Lipinski definition) is 3. The first kappa shape index (κ1) is 20.6. The monoisotopic (exact) mass is 364 g/mol. The van der Waals surface area contributed by atoms with E-state index in [0.717, 1.165) is 63.6 Å². The summed E-state index contributed by atoms with van der Waals surface area (Å²) < 4.78 is 19.2. The molecule has 26 heavy (non-hydrogen) atoms. The van der Waals surface area contributed by atoms with Gasteiger partial charge in [-0.15, -0.1) is 0 Å². The average molecular weight is 365 g/mol. The van der Waals surface area contributed by atoms with Crippen molar-refractivity contribution in [2.75, 3.05) is 53.5 Å². The first-order valence-electron chi connectivity index (χ1n) is 9.56. The summed E-state index contributed by atoms with van der Waals surface area (Å²) in [5.74, 6) is 0.701. The van der Waals surface area contributed by atoms with Crippen LogP contribution in [0.5, 0.6) is 0 Å². The van der Waals surface area contributed by atoms with E-state index >= 15 is 0 Å². The van der Waals surface area contributed by atoms with Crippen LogP contribution in [-0.2, 0) is 10.2 Å². The van der Waals surface area contributed by atoms with Gasteiger partial charge in [-0.2, -0.15) is 0 Å². The molecule has 5 nitrogen and oxygen atoms in total. The molecule has 1 aromatic carbocycles. The minimum atomic E-state index is -0.117. The van der Waals surface area contributed by atoms with Gasteiger partial charge >= 0.3 is 0 Å². The molecule has 2 rings (SSSR count). The standard InChI is InChI=1S/C20H33FN4O/c1-4-22-19(23-12-7-13-25(2)14-15-26-3)24-16-20(10-11-20)17-8-5-6-9-18(17)21/h5-6,8-9H,4,7,10-16H2,1-3H3,(H2,22,23,24). The van der Waals surface area contributed by atoms with E-state index in [1.165, 1.54) is 0 Å². The number of guanidine groups is 1. The van der Waals surface area contributed by atoms with Gasteiger partial charge in [-0.25, -0.2) is 4.39 Å². The molecule has 0 unspecified atom stereocenters. The van der Waals surface area contributed by atoms with E-state index in [-0.39, 0.29) is 11.2 Å². The molecule has 6 heteroatoms. The molecular formula is C20H33FN4O. The van der Waals surface area contributed by atoms with Crippen molar-refractivity contribution in [2.45, 2.75) is 31.6 Å². The Balaban J connectivity index is 1.82. The van der Waals surface area contributed by atoms with Gasteiger partial charge in [0.15, 0.2) is 5.96 Å². The van der Waals surface area contributed by atoms with E-state index in [9.17, 15) is 4.39 Å². The van der Waals surface area contributed by atoms with E-state index in [4.69, 9.17) is 9.73 Å². The second-order valence-corrected chi connectivity index (χ2v) is 7.03. The van der Waals surface area contributed by atoms with Gasteiger partial charge in [0.1, 0.15) is 5.82 Å². The summed E-state index contributed by atoms with van der Waals surface area (Å²) in [6.45, 7) is 7.05. The number of aliphatic imine (C=N–C) groups is 1. The summed E-state index contributed by atoms with van der Waals surface area (Å²) in [7, 11) is 3.83. The zero-order chi connectivity index (χ0) is 18.8. The van der Waals surface area contributed by atoms with Gasteiger partial charge in [-0.3, -0.25) is 4.99 Å². The maximum atomic E-state index is 14.1. The smallest absolute Gasteiger partial charge is 0.191 e. The quantitative estimate of drug-likeness (QED) is 0.360. The fraction of sp³-hybridized carbons (Fsp3) is 0.650. The zero-order valence-electron chi connectivity index (χ0n) is 16.4. The highest BCUT2D eigenvalue weighted by Gasteiger charge is 2.45. The summed E-state index contributed by atoms with van der Waals surface area (Å²) in [4.78, 5) is 6.98. The van der Waals surface area contributed by atoms with Crippen molar-refractivity contribution in [2.24, 2.45) is 4.99 Å². The molecule has 146 valence electrons. The van der Waals surface area contributed by atoms with Gasteiger partial charge in [-0.05, 0) is 51.4 Å². The van der Waals surface area contributed by atoms with Gasteiger partial charge in [0, 0.05) is 32.2 Å². The zero-order valence-corrected chi connectivity index (χ0v) is 16.4. The second kappa shape index (κ2) is 10.5. The van der Waals surface area contributed by atoms with Gasteiger partial charge < -0.3 is 20.3 Å². The number of nitrogens with one attached hydrogen (secondary N) is 2. The third-order valence-electron chi connectivity index (χ3n) is 4.87. The number of nitrogens with zero attached hydrogens (tertiary/aromatic N) is 2. The lowest BCUT2D eigenvalue weighted by Gasteiger charge is -2.18. The van der Waals surface area contributed by atoms with Gasteiger partial charge in [-0.1, -0.05) is 18.2 Å². The SMILES string of the molecule is CCNC(=NCC1(c2ccccc2F)CC1)NCCCN(C)CCOC. The Bertz CT molecular complexity index is 575. The van der Waals surface area contributed by atoms with Crippen molar-refractivity contribution in [3.8, 4) is 0 Å². The Morgan fingerprint density at radius 1 is 1.27 bits per heavy atom. The van der Waals surface area contributed by atoms with E-state index in [0.29, 0.717) is 6.54 Å². The van der Waals surface area contributed by atoms with Crippen LogP contribution in [-0.4, -0.2) is 64.3 Å². The van der Waals surface area contributed by atoms with Crippen LogP contribution in [0.2, 0.25) is 0 Å². The Labute approximate surface area is 157 Å². The molecule has 0 heterocycles. The molecule has 0 radical (unpaired) electrons. The number of benzene rings is 1. The van der Waals surface area contributed by atoms with Crippen LogP contribution in [0.25, 0.3) is 0 Å². The first-order chi connectivity index (χ1) is 12.6. The van der Waals surface area contributed by atoms with Crippen molar-refractivity contribution < 1.29 is 9.13 Å². The first-order valence-corrected chi connectivity index (χ1v) is 9.56. The van der Waals surface area contributed by atoms with Crippen molar-refractivity contribution in [1.82, 2.24) is 15.5 Å².